The molecule has 1 amide bonds. The third-order valence-corrected chi connectivity index (χ3v) is 5.25. The minimum Gasteiger partial charge on any atom is -0.507 e. The van der Waals surface area contributed by atoms with Crippen LogP contribution in [-0.4, -0.2) is 60.9 Å². The minimum absolute atomic E-state index is 0.136. The number of hydrogen-bond donors (Lipinski definition) is 1. The number of amides is 1. The van der Waals surface area contributed by atoms with Gasteiger partial charge in [0, 0.05) is 24.2 Å². The highest BCUT2D eigenvalue weighted by atomic mass is 35.5. The third-order valence-electron chi connectivity index (χ3n) is 4.95. The molecule has 3 rings (SSSR count). The number of likely N-dealkylation sites (tertiary alicyclic amines) is 1. The first-order valence-corrected chi connectivity index (χ1v) is 9.65. The van der Waals surface area contributed by atoms with Gasteiger partial charge in [-0.3, -0.25) is 9.59 Å². The summed E-state index contributed by atoms with van der Waals surface area (Å²) in [4.78, 5) is 28.8. The molecule has 0 radical (unpaired) electrons. The van der Waals surface area contributed by atoms with Gasteiger partial charge in [-0.05, 0) is 38.4 Å². The molecule has 1 heterocycles. The zero-order chi connectivity index (χ0) is 22.0. The van der Waals surface area contributed by atoms with Gasteiger partial charge in [0.15, 0.2) is 0 Å². The molecular formula is C22H22ClFN2O4. The summed E-state index contributed by atoms with van der Waals surface area (Å²) >= 11 is 6.15. The van der Waals surface area contributed by atoms with E-state index in [2.05, 4.69) is 0 Å². The predicted octanol–water partition coefficient (Wildman–Crippen LogP) is 3.47. The number of carbonyl (C=O) groups is 2. The fourth-order valence-corrected chi connectivity index (χ4v) is 3.67. The molecule has 0 bridgehead atoms. The zero-order valence-electron chi connectivity index (χ0n) is 16.9. The molecule has 0 aromatic heterocycles. The van der Waals surface area contributed by atoms with E-state index in [-0.39, 0.29) is 28.3 Å². The number of aliphatic hydroxyl groups excluding tert-OH is 1. The van der Waals surface area contributed by atoms with Crippen LogP contribution in [0.3, 0.4) is 0 Å². The van der Waals surface area contributed by atoms with Gasteiger partial charge in [-0.15, -0.1) is 0 Å². The topological polar surface area (TPSA) is 70.1 Å². The average molecular weight is 433 g/mol. The van der Waals surface area contributed by atoms with E-state index >= 15 is 0 Å². The van der Waals surface area contributed by atoms with Crippen molar-refractivity contribution in [3.8, 4) is 5.75 Å². The summed E-state index contributed by atoms with van der Waals surface area (Å²) < 4.78 is 19.8. The summed E-state index contributed by atoms with van der Waals surface area (Å²) in [5.74, 6) is -2.25. The maximum atomic E-state index is 14.7. The number of ketones is 1. The monoisotopic (exact) mass is 432 g/mol. The predicted molar refractivity (Wildman–Crippen MR) is 112 cm³/mol. The highest BCUT2D eigenvalue weighted by molar-refractivity contribution is 6.46. The van der Waals surface area contributed by atoms with Crippen LogP contribution < -0.4 is 4.74 Å². The smallest absolute Gasteiger partial charge is 0.295 e. The van der Waals surface area contributed by atoms with E-state index < -0.39 is 29.3 Å². The van der Waals surface area contributed by atoms with Crippen molar-refractivity contribution < 1.29 is 23.8 Å². The molecule has 0 aliphatic carbocycles. The second-order valence-electron chi connectivity index (χ2n) is 7.17. The van der Waals surface area contributed by atoms with Crippen LogP contribution in [0.5, 0.6) is 5.75 Å². The van der Waals surface area contributed by atoms with Crippen LogP contribution >= 0.6 is 11.6 Å². The molecule has 8 heteroatoms. The van der Waals surface area contributed by atoms with E-state index in [0.29, 0.717) is 12.3 Å². The zero-order valence-corrected chi connectivity index (χ0v) is 17.6. The molecule has 0 spiro atoms. The molecule has 1 aliphatic rings. The van der Waals surface area contributed by atoms with Gasteiger partial charge in [0.2, 0.25) is 0 Å². The Hall–Kier alpha value is -2.90. The van der Waals surface area contributed by atoms with Crippen molar-refractivity contribution in [3.63, 3.8) is 0 Å². The van der Waals surface area contributed by atoms with Gasteiger partial charge in [-0.2, -0.15) is 0 Å². The van der Waals surface area contributed by atoms with E-state index in [1.165, 1.54) is 48.4 Å². The van der Waals surface area contributed by atoms with Crippen LogP contribution in [-0.2, 0) is 9.59 Å². The third kappa shape index (κ3) is 4.04. The lowest BCUT2D eigenvalue weighted by atomic mass is 9.95. The van der Waals surface area contributed by atoms with Crippen molar-refractivity contribution in [2.75, 3.05) is 34.3 Å². The Morgan fingerprint density at radius 3 is 2.53 bits per heavy atom. The van der Waals surface area contributed by atoms with E-state index in [1.54, 1.807) is 6.07 Å². The van der Waals surface area contributed by atoms with E-state index in [0.717, 1.165) is 0 Å². The lowest BCUT2D eigenvalue weighted by Crippen LogP contribution is -2.35. The van der Waals surface area contributed by atoms with Gasteiger partial charge >= 0.3 is 0 Å². The SMILES string of the molecule is COc1ccc(C(O)=C2C(=O)C(=O)N(CCN(C)C)[C@@H]2c2ccccc2F)cc1Cl. The normalized spacial score (nSPS) is 18.3. The Labute approximate surface area is 179 Å². The average Bonchev–Trinajstić information content (AvgIpc) is 2.96. The fraction of sp³-hybridized carbons (Fsp3) is 0.273. The van der Waals surface area contributed by atoms with Crippen LogP contribution in [0, 0.1) is 5.82 Å². The molecule has 30 heavy (non-hydrogen) atoms. The minimum atomic E-state index is -1.05. The second kappa shape index (κ2) is 8.85. The molecular weight excluding hydrogens is 411 g/mol. The van der Waals surface area contributed by atoms with Crippen LogP contribution in [0.2, 0.25) is 5.02 Å². The van der Waals surface area contributed by atoms with Crippen molar-refractivity contribution in [1.82, 2.24) is 9.80 Å². The number of hydrogen-bond acceptors (Lipinski definition) is 5. The molecule has 0 saturated carbocycles. The lowest BCUT2D eigenvalue weighted by Gasteiger charge is -2.26. The van der Waals surface area contributed by atoms with Crippen molar-refractivity contribution in [2.24, 2.45) is 0 Å². The summed E-state index contributed by atoms with van der Waals surface area (Å²) in [6, 6.07) is 9.34. The molecule has 1 aliphatic heterocycles. The Bertz CT molecular complexity index is 1020. The Morgan fingerprint density at radius 1 is 1.23 bits per heavy atom. The molecule has 1 saturated heterocycles. The van der Waals surface area contributed by atoms with Crippen molar-refractivity contribution in [1.29, 1.82) is 0 Å². The van der Waals surface area contributed by atoms with Gasteiger partial charge < -0.3 is 19.6 Å². The lowest BCUT2D eigenvalue weighted by molar-refractivity contribution is -0.140. The molecule has 2 aromatic carbocycles. The van der Waals surface area contributed by atoms with Gasteiger partial charge in [0.25, 0.3) is 11.7 Å². The first-order valence-electron chi connectivity index (χ1n) is 9.27. The van der Waals surface area contributed by atoms with Crippen molar-refractivity contribution in [2.45, 2.75) is 6.04 Å². The molecule has 6 nitrogen and oxygen atoms in total. The number of ether oxygens (including phenoxy) is 1. The van der Waals surface area contributed by atoms with Gasteiger partial charge in [-0.1, -0.05) is 29.8 Å². The summed E-state index contributed by atoms with van der Waals surface area (Å²) in [7, 11) is 5.11. The number of benzene rings is 2. The van der Waals surface area contributed by atoms with Crippen LogP contribution in [0.4, 0.5) is 4.39 Å². The molecule has 1 fully saturated rings. The Balaban J connectivity index is 2.18. The first kappa shape index (κ1) is 21.8. The van der Waals surface area contributed by atoms with E-state index in [9.17, 15) is 19.1 Å². The second-order valence-corrected chi connectivity index (χ2v) is 7.57. The van der Waals surface area contributed by atoms with Gasteiger partial charge in [-0.25, -0.2) is 4.39 Å². The molecule has 2 aromatic rings. The summed E-state index contributed by atoms with van der Waals surface area (Å²) in [5, 5.41) is 11.2. The fourth-order valence-electron chi connectivity index (χ4n) is 3.41. The molecule has 1 N–H and O–H groups in total. The van der Waals surface area contributed by atoms with Crippen molar-refractivity contribution >= 4 is 29.1 Å². The number of rotatable bonds is 6. The maximum Gasteiger partial charge on any atom is 0.295 e. The Kier molecular flexibility index (Phi) is 6.43. The maximum absolute atomic E-state index is 14.7. The van der Waals surface area contributed by atoms with Gasteiger partial charge in [0.05, 0.1) is 23.7 Å². The van der Waals surface area contributed by atoms with E-state index in [4.69, 9.17) is 16.3 Å². The first-order chi connectivity index (χ1) is 14.3. The number of Topliss-reactive ketones (excluding diaryl/α,β-unsaturated/α-hetero) is 1. The number of halogens is 2. The van der Waals surface area contributed by atoms with Gasteiger partial charge in [0.1, 0.15) is 17.3 Å². The van der Waals surface area contributed by atoms with Crippen LogP contribution in [0.25, 0.3) is 5.76 Å². The standard InChI is InChI=1S/C22H22ClFN2O4/c1-25(2)10-11-26-19(14-6-4-5-7-16(14)24)18(21(28)22(26)29)20(27)13-8-9-17(30-3)15(23)12-13/h4-9,12,19,27H,10-11H2,1-3H3/t19-/m1/s1. The highest BCUT2D eigenvalue weighted by Gasteiger charge is 2.46. The largest absolute Gasteiger partial charge is 0.507 e. The highest BCUT2D eigenvalue weighted by Crippen LogP contribution is 2.40. The molecule has 158 valence electrons. The van der Waals surface area contributed by atoms with Crippen LogP contribution in [0.15, 0.2) is 48.0 Å². The number of nitrogens with zero attached hydrogens (tertiary/aromatic N) is 2. The summed E-state index contributed by atoms with van der Waals surface area (Å²) in [5.41, 5.74) is 0.189. The van der Waals surface area contributed by atoms with Crippen molar-refractivity contribution in [3.05, 3.63) is 70.0 Å². The summed E-state index contributed by atoms with van der Waals surface area (Å²) in [6.07, 6.45) is 0. The quantitative estimate of drug-likeness (QED) is 0.430. The number of likely N-dealkylation sites (N-methyl/N-ethyl adjacent to an activating group) is 1. The molecule has 0 unspecified atom stereocenters. The van der Waals surface area contributed by atoms with E-state index in [1.807, 2.05) is 19.0 Å². The molecule has 1 atom stereocenters. The Morgan fingerprint density at radius 2 is 1.93 bits per heavy atom. The van der Waals surface area contributed by atoms with Crippen LogP contribution in [0.1, 0.15) is 17.2 Å². The number of methoxy groups -OCH3 is 1. The summed E-state index contributed by atoms with van der Waals surface area (Å²) in [6.45, 7) is 0.656. The number of aliphatic hydroxyl groups is 1. The number of carbonyl (C=O) groups excluding carboxylic acids is 2.